The number of ether oxygens (including phenoxy) is 1. The Hall–Kier alpha value is -1.80. The van der Waals surface area contributed by atoms with E-state index in [1.165, 1.54) is 16.7 Å². The van der Waals surface area contributed by atoms with Gasteiger partial charge in [-0.1, -0.05) is 32.0 Å². The molecule has 2 nitrogen and oxygen atoms in total. The first-order valence-electron chi connectivity index (χ1n) is 7.59. The van der Waals surface area contributed by atoms with E-state index in [4.69, 9.17) is 10.5 Å². The first-order valence-corrected chi connectivity index (χ1v) is 7.59. The number of aryl methyl sites for hydroxylation is 2. The molecular weight excluding hydrogens is 258 g/mol. The Balaban J connectivity index is 2.25. The number of benzene rings is 2. The minimum atomic E-state index is 0.536. The molecule has 21 heavy (non-hydrogen) atoms. The van der Waals surface area contributed by atoms with Gasteiger partial charge in [-0.25, -0.2) is 0 Å². The topological polar surface area (TPSA) is 35.2 Å². The van der Waals surface area contributed by atoms with Crippen LogP contribution < -0.4 is 10.5 Å². The lowest BCUT2D eigenvalue weighted by atomic mass is 9.98. The molecule has 112 valence electrons. The van der Waals surface area contributed by atoms with Crippen molar-refractivity contribution in [3.8, 4) is 11.5 Å². The van der Waals surface area contributed by atoms with E-state index in [9.17, 15) is 0 Å². The monoisotopic (exact) mass is 283 g/mol. The van der Waals surface area contributed by atoms with Gasteiger partial charge in [0, 0.05) is 0 Å². The van der Waals surface area contributed by atoms with Gasteiger partial charge in [-0.15, -0.1) is 0 Å². The van der Waals surface area contributed by atoms with E-state index in [1.54, 1.807) is 0 Å². The highest BCUT2D eigenvalue weighted by molar-refractivity contribution is 5.43. The van der Waals surface area contributed by atoms with Gasteiger partial charge in [-0.3, -0.25) is 0 Å². The van der Waals surface area contributed by atoms with Gasteiger partial charge in [0.2, 0.25) is 0 Å². The van der Waals surface area contributed by atoms with Gasteiger partial charge >= 0.3 is 0 Å². The Labute approximate surface area is 127 Å². The van der Waals surface area contributed by atoms with Crippen molar-refractivity contribution in [3.63, 3.8) is 0 Å². The van der Waals surface area contributed by atoms with Crippen molar-refractivity contribution in [2.45, 2.75) is 40.0 Å². The molecule has 0 atom stereocenters. The second-order valence-electron chi connectivity index (χ2n) is 5.91. The van der Waals surface area contributed by atoms with E-state index in [1.807, 2.05) is 0 Å². The molecule has 0 unspecified atom stereocenters. The lowest BCUT2D eigenvalue weighted by Gasteiger charge is -2.14. The summed E-state index contributed by atoms with van der Waals surface area (Å²) in [5.74, 6) is 2.34. The summed E-state index contributed by atoms with van der Waals surface area (Å²) in [7, 11) is 0. The molecule has 0 heterocycles. The van der Waals surface area contributed by atoms with Crippen molar-refractivity contribution < 1.29 is 4.74 Å². The van der Waals surface area contributed by atoms with Crippen LogP contribution in [0.5, 0.6) is 11.5 Å². The zero-order valence-corrected chi connectivity index (χ0v) is 13.4. The van der Waals surface area contributed by atoms with Crippen molar-refractivity contribution >= 4 is 0 Å². The minimum absolute atomic E-state index is 0.536. The lowest BCUT2D eigenvalue weighted by Crippen LogP contribution is -2.03. The van der Waals surface area contributed by atoms with Crippen LogP contribution in [0.1, 0.15) is 42.0 Å². The first kappa shape index (κ1) is 15.6. The fraction of sp³-hybridized carbons (Fsp3) is 0.368. The van der Waals surface area contributed by atoms with E-state index in [2.05, 4.69) is 64.1 Å². The SMILES string of the molecule is Cc1ccc(CCN)cc1Oc1ccc(C(C)C)c(C)c1. The number of nitrogens with two attached hydrogens (primary N) is 1. The summed E-state index contributed by atoms with van der Waals surface area (Å²) < 4.78 is 6.07. The van der Waals surface area contributed by atoms with Crippen LogP contribution in [0, 0.1) is 13.8 Å². The van der Waals surface area contributed by atoms with E-state index in [0.29, 0.717) is 12.5 Å². The fourth-order valence-corrected chi connectivity index (χ4v) is 2.56. The Morgan fingerprint density at radius 3 is 2.38 bits per heavy atom. The summed E-state index contributed by atoms with van der Waals surface area (Å²) in [6, 6.07) is 12.6. The van der Waals surface area contributed by atoms with Crippen LogP contribution in [0.2, 0.25) is 0 Å². The average Bonchev–Trinajstić information content (AvgIpc) is 2.42. The number of hydrogen-bond acceptors (Lipinski definition) is 2. The van der Waals surface area contributed by atoms with Crippen LogP contribution in [0.4, 0.5) is 0 Å². The van der Waals surface area contributed by atoms with Crippen LogP contribution in [0.15, 0.2) is 36.4 Å². The molecular formula is C19H25NO. The smallest absolute Gasteiger partial charge is 0.130 e. The van der Waals surface area contributed by atoms with Crippen molar-refractivity contribution in [3.05, 3.63) is 58.7 Å². The summed E-state index contributed by atoms with van der Waals surface area (Å²) in [5, 5.41) is 0. The van der Waals surface area contributed by atoms with Gasteiger partial charge < -0.3 is 10.5 Å². The maximum atomic E-state index is 6.07. The zero-order chi connectivity index (χ0) is 15.4. The molecule has 2 N–H and O–H groups in total. The van der Waals surface area contributed by atoms with Gasteiger partial charge in [-0.2, -0.15) is 0 Å². The molecule has 0 spiro atoms. The third-order valence-corrected chi connectivity index (χ3v) is 3.78. The molecule has 0 saturated heterocycles. The van der Waals surface area contributed by atoms with E-state index >= 15 is 0 Å². The van der Waals surface area contributed by atoms with Crippen molar-refractivity contribution in [2.24, 2.45) is 5.73 Å². The summed E-state index contributed by atoms with van der Waals surface area (Å²) in [5.41, 5.74) is 10.6. The molecule has 0 aliphatic rings. The molecule has 0 aliphatic heterocycles. The molecule has 0 bridgehead atoms. The second kappa shape index (κ2) is 6.77. The molecule has 2 aromatic rings. The Bertz CT molecular complexity index is 617. The molecule has 2 rings (SSSR count). The van der Waals surface area contributed by atoms with Crippen LogP contribution in [0.3, 0.4) is 0 Å². The normalized spacial score (nSPS) is 11.0. The van der Waals surface area contributed by atoms with Gasteiger partial charge in [0.05, 0.1) is 0 Å². The van der Waals surface area contributed by atoms with Gasteiger partial charge in [0.25, 0.3) is 0 Å². The lowest BCUT2D eigenvalue weighted by molar-refractivity contribution is 0.477. The van der Waals surface area contributed by atoms with Crippen LogP contribution in [-0.4, -0.2) is 6.54 Å². The standard InChI is InChI=1S/C19H25NO/c1-13(2)18-8-7-17(11-15(18)4)21-19-12-16(9-10-20)6-5-14(19)3/h5-8,11-13H,9-10,20H2,1-4H3. The maximum absolute atomic E-state index is 6.07. The highest BCUT2D eigenvalue weighted by Gasteiger charge is 2.07. The van der Waals surface area contributed by atoms with Gasteiger partial charge in [0.1, 0.15) is 11.5 Å². The number of hydrogen-bond donors (Lipinski definition) is 1. The molecule has 0 radical (unpaired) electrons. The predicted molar refractivity (Wildman–Crippen MR) is 89.3 cm³/mol. The summed E-state index contributed by atoms with van der Waals surface area (Å²) >= 11 is 0. The summed E-state index contributed by atoms with van der Waals surface area (Å²) in [6.45, 7) is 9.29. The average molecular weight is 283 g/mol. The van der Waals surface area contributed by atoms with Crippen LogP contribution in [-0.2, 0) is 6.42 Å². The highest BCUT2D eigenvalue weighted by Crippen LogP contribution is 2.29. The summed E-state index contributed by atoms with van der Waals surface area (Å²) in [4.78, 5) is 0. The predicted octanol–water partition coefficient (Wildman–Crippen LogP) is 4.72. The zero-order valence-electron chi connectivity index (χ0n) is 13.4. The van der Waals surface area contributed by atoms with E-state index in [-0.39, 0.29) is 0 Å². The molecule has 0 fully saturated rings. The molecule has 2 heteroatoms. The van der Waals surface area contributed by atoms with Gasteiger partial charge in [0.15, 0.2) is 0 Å². The minimum Gasteiger partial charge on any atom is -0.457 e. The Kier molecular flexibility index (Phi) is 5.03. The van der Waals surface area contributed by atoms with Crippen molar-refractivity contribution in [1.29, 1.82) is 0 Å². The largest absolute Gasteiger partial charge is 0.457 e. The third kappa shape index (κ3) is 3.85. The maximum Gasteiger partial charge on any atom is 0.130 e. The van der Waals surface area contributed by atoms with E-state index < -0.39 is 0 Å². The molecule has 0 aromatic heterocycles. The molecule has 2 aromatic carbocycles. The fourth-order valence-electron chi connectivity index (χ4n) is 2.56. The Morgan fingerprint density at radius 1 is 1.00 bits per heavy atom. The second-order valence-corrected chi connectivity index (χ2v) is 5.91. The Morgan fingerprint density at radius 2 is 1.76 bits per heavy atom. The quantitative estimate of drug-likeness (QED) is 0.861. The molecule has 0 aliphatic carbocycles. The first-order chi connectivity index (χ1) is 10.0. The van der Waals surface area contributed by atoms with E-state index in [0.717, 1.165) is 23.5 Å². The molecule has 0 saturated carbocycles. The third-order valence-electron chi connectivity index (χ3n) is 3.78. The molecule has 0 amide bonds. The highest BCUT2D eigenvalue weighted by atomic mass is 16.5. The summed E-state index contributed by atoms with van der Waals surface area (Å²) in [6.07, 6.45) is 0.877. The van der Waals surface area contributed by atoms with Crippen molar-refractivity contribution in [1.82, 2.24) is 0 Å². The van der Waals surface area contributed by atoms with Gasteiger partial charge in [-0.05, 0) is 73.2 Å². The van der Waals surface area contributed by atoms with Crippen molar-refractivity contribution in [2.75, 3.05) is 6.54 Å². The number of rotatable bonds is 5. The van der Waals surface area contributed by atoms with Crippen LogP contribution >= 0.6 is 0 Å². The van der Waals surface area contributed by atoms with Crippen LogP contribution in [0.25, 0.3) is 0 Å².